The molecule has 0 saturated heterocycles. The summed E-state index contributed by atoms with van der Waals surface area (Å²) in [5, 5.41) is 2.62. The lowest BCUT2D eigenvalue weighted by atomic mass is 10.2. The largest absolute Gasteiger partial charge is 0.497 e. The first-order valence-corrected chi connectivity index (χ1v) is 4.46. The smallest absolute Gasteiger partial charge is 0.338 e. The highest BCUT2D eigenvalue weighted by atomic mass is 16.6. The number of ether oxygens (including phenoxy) is 1. The SMILES string of the molecule is CONC(=O)NCc1cccc(OC)c1. The van der Waals surface area contributed by atoms with Crippen LogP contribution >= 0.6 is 0 Å². The van der Waals surface area contributed by atoms with Crippen LogP contribution in [-0.2, 0) is 11.4 Å². The van der Waals surface area contributed by atoms with Gasteiger partial charge in [-0.3, -0.25) is 4.84 Å². The minimum atomic E-state index is -0.375. The van der Waals surface area contributed by atoms with Crippen molar-refractivity contribution >= 4 is 6.03 Å². The Morgan fingerprint density at radius 2 is 2.20 bits per heavy atom. The predicted molar refractivity (Wildman–Crippen MR) is 55.4 cm³/mol. The van der Waals surface area contributed by atoms with E-state index in [2.05, 4.69) is 15.6 Å². The number of hydrogen-bond donors (Lipinski definition) is 2. The van der Waals surface area contributed by atoms with Crippen molar-refractivity contribution < 1.29 is 14.4 Å². The third-order valence-corrected chi connectivity index (χ3v) is 1.78. The van der Waals surface area contributed by atoms with Crippen molar-refractivity contribution in [3.8, 4) is 5.75 Å². The van der Waals surface area contributed by atoms with Gasteiger partial charge in [-0.05, 0) is 17.7 Å². The average Bonchev–Trinajstić information content (AvgIpc) is 2.27. The van der Waals surface area contributed by atoms with Crippen LogP contribution in [0.2, 0.25) is 0 Å². The van der Waals surface area contributed by atoms with Crippen LogP contribution in [0, 0.1) is 0 Å². The highest BCUT2D eigenvalue weighted by Crippen LogP contribution is 2.11. The molecule has 0 spiro atoms. The summed E-state index contributed by atoms with van der Waals surface area (Å²) in [5.74, 6) is 0.765. The van der Waals surface area contributed by atoms with E-state index in [1.807, 2.05) is 24.3 Å². The van der Waals surface area contributed by atoms with Crippen LogP contribution in [0.3, 0.4) is 0 Å². The van der Waals surface area contributed by atoms with Crippen molar-refractivity contribution in [3.05, 3.63) is 29.8 Å². The number of rotatable bonds is 4. The molecule has 5 heteroatoms. The van der Waals surface area contributed by atoms with Crippen molar-refractivity contribution in [2.45, 2.75) is 6.54 Å². The van der Waals surface area contributed by atoms with Crippen LogP contribution in [0.1, 0.15) is 5.56 Å². The molecule has 1 aromatic rings. The van der Waals surface area contributed by atoms with Crippen molar-refractivity contribution in [1.29, 1.82) is 0 Å². The molecule has 0 radical (unpaired) electrons. The lowest BCUT2D eigenvalue weighted by Crippen LogP contribution is -2.34. The fourth-order valence-electron chi connectivity index (χ4n) is 1.09. The van der Waals surface area contributed by atoms with Gasteiger partial charge in [0.2, 0.25) is 0 Å². The maximum atomic E-state index is 11.0. The molecule has 1 rings (SSSR count). The molecular weight excluding hydrogens is 196 g/mol. The van der Waals surface area contributed by atoms with Crippen molar-refractivity contribution in [3.63, 3.8) is 0 Å². The summed E-state index contributed by atoms with van der Waals surface area (Å²) in [6.07, 6.45) is 0. The van der Waals surface area contributed by atoms with Crippen molar-refractivity contribution in [2.75, 3.05) is 14.2 Å². The lowest BCUT2D eigenvalue weighted by Gasteiger charge is -2.06. The molecule has 0 unspecified atom stereocenters. The van der Waals surface area contributed by atoms with E-state index in [1.54, 1.807) is 7.11 Å². The van der Waals surface area contributed by atoms with Gasteiger partial charge in [-0.2, -0.15) is 0 Å². The Balaban J connectivity index is 2.46. The van der Waals surface area contributed by atoms with E-state index in [1.165, 1.54) is 7.11 Å². The lowest BCUT2D eigenvalue weighted by molar-refractivity contribution is 0.107. The van der Waals surface area contributed by atoms with Crippen LogP contribution in [-0.4, -0.2) is 20.3 Å². The van der Waals surface area contributed by atoms with E-state index in [-0.39, 0.29) is 6.03 Å². The number of benzene rings is 1. The van der Waals surface area contributed by atoms with E-state index in [4.69, 9.17) is 4.74 Å². The second-order valence-electron chi connectivity index (χ2n) is 2.84. The quantitative estimate of drug-likeness (QED) is 0.730. The summed E-state index contributed by atoms with van der Waals surface area (Å²) in [7, 11) is 2.98. The molecule has 0 saturated carbocycles. The van der Waals surface area contributed by atoms with Crippen molar-refractivity contribution in [1.82, 2.24) is 10.8 Å². The Morgan fingerprint density at radius 1 is 1.40 bits per heavy atom. The molecule has 0 aliphatic rings. The Bertz CT molecular complexity index is 328. The fraction of sp³-hybridized carbons (Fsp3) is 0.300. The first-order chi connectivity index (χ1) is 7.26. The van der Waals surface area contributed by atoms with Gasteiger partial charge in [0.05, 0.1) is 14.2 Å². The highest BCUT2D eigenvalue weighted by Gasteiger charge is 1.99. The fourth-order valence-corrected chi connectivity index (χ4v) is 1.09. The van der Waals surface area contributed by atoms with E-state index < -0.39 is 0 Å². The summed E-state index contributed by atoms with van der Waals surface area (Å²) < 4.78 is 5.06. The van der Waals surface area contributed by atoms with E-state index >= 15 is 0 Å². The van der Waals surface area contributed by atoms with Crippen molar-refractivity contribution in [2.24, 2.45) is 0 Å². The number of amides is 2. The Morgan fingerprint density at radius 3 is 2.87 bits per heavy atom. The molecule has 0 fully saturated rings. The summed E-state index contributed by atoms with van der Waals surface area (Å²) in [5.41, 5.74) is 3.12. The molecule has 2 N–H and O–H groups in total. The molecule has 0 bridgehead atoms. The van der Waals surface area contributed by atoms with Crippen LogP contribution in [0.25, 0.3) is 0 Å². The number of methoxy groups -OCH3 is 1. The van der Waals surface area contributed by atoms with E-state index in [9.17, 15) is 4.79 Å². The maximum absolute atomic E-state index is 11.0. The summed E-state index contributed by atoms with van der Waals surface area (Å²) in [4.78, 5) is 15.4. The number of urea groups is 1. The molecule has 0 atom stereocenters. The first-order valence-electron chi connectivity index (χ1n) is 4.46. The standard InChI is InChI=1S/C10H14N2O3/c1-14-9-5-3-4-8(6-9)7-11-10(13)12-15-2/h3-6H,7H2,1-2H3,(H2,11,12,13). The Kier molecular flexibility index (Phi) is 4.43. The summed E-state index contributed by atoms with van der Waals surface area (Å²) in [6, 6.07) is 7.09. The van der Waals surface area contributed by atoms with Crippen LogP contribution < -0.4 is 15.5 Å². The number of carbonyl (C=O) groups is 1. The predicted octanol–water partition coefficient (Wildman–Crippen LogP) is 1.06. The third-order valence-electron chi connectivity index (χ3n) is 1.78. The number of hydrogen-bond acceptors (Lipinski definition) is 3. The summed E-state index contributed by atoms with van der Waals surface area (Å²) >= 11 is 0. The summed E-state index contributed by atoms with van der Waals surface area (Å²) in [6.45, 7) is 0.423. The number of hydroxylamine groups is 1. The number of nitrogens with one attached hydrogen (secondary N) is 2. The van der Waals surface area contributed by atoms with Gasteiger partial charge in [-0.1, -0.05) is 12.1 Å². The van der Waals surface area contributed by atoms with Gasteiger partial charge >= 0.3 is 6.03 Å². The molecule has 0 aliphatic carbocycles. The number of carbonyl (C=O) groups excluding carboxylic acids is 1. The molecule has 5 nitrogen and oxygen atoms in total. The normalized spacial score (nSPS) is 9.47. The maximum Gasteiger partial charge on any atom is 0.338 e. The molecule has 2 amide bonds. The zero-order chi connectivity index (χ0) is 11.1. The highest BCUT2D eigenvalue weighted by molar-refractivity contribution is 5.72. The first kappa shape index (κ1) is 11.3. The molecule has 82 valence electrons. The monoisotopic (exact) mass is 210 g/mol. The van der Waals surface area contributed by atoms with Gasteiger partial charge in [-0.15, -0.1) is 0 Å². The molecule has 0 aliphatic heterocycles. The third kappa shape index (κ3) is 3.86. The molecular formula is C10H14N2O3. The van der Waals surface area contributed by atoms with E-state index in [0.29, 0.717) is 6.54 Å². The second kappa shape index (κ2) is 5.87. The second-order valence-corrected chi connectivity index (χ2v) is 2.84. The zero-order valence-electron chi connectivity index (χ0n) is 8.74. The van der Waals surface area contributed by atoms with Crippen LogP contribution in [0.15, 0.2) is 24.3 Å². The minimum Gasteiger partial charge on any atom is -0.497 e. The van der Waals surface area contributed by atoms with Gasteiger partial charge in [0.25, 0.3) is 0 Å². The molecule has 15 heavy (non-hydrogen) atoms. The van der Waals surface area contributed by atoms with Crippen LogP contribution in [0.5, 0.6) is 5.75 Å². The van der Waals surface area contributed by atoms with Gasteiger partial charge in [-0.25, -0.2) is 10.3 Å². The van der Waals surface area contributed by atoms with E-state index in [0.717, 1.165) is 11.3 Å². The van der Waals surface area contributed by atoms with Gasteiger partial charge in [0.1, 0.15) is 5.75 Å². The zero-order valence-corrected chi connectivity index (χ0v) is 8.74. The molecule has 1 aromatic carbocycles. The molecule has 0 aromatic heterocycles. The van der Waals surface area contributed by atoms with Gasteiger partial charge in [0, 0.05) is 6.54 Å². The molecule has 0 heterocycles. The average molecular weight is 210 g/mol. The van der Waals surface area contributed by atoms with Crippen LogP contribution in [0.4, 0.5) is 4.79 Å². The topological polar surface area (TPSA) is 59.6 Å². The minimum absolute atomic E-state index is 0.375. The van der Waals surface area contributed by atoms with Gasteiger partial charge in [0.15, 0.2) is 0 Å². The Labute approximate surface area is 88.3 Å². The Hall–Kier alpha value is -1.75. The van der Waals surface area contributed by atoms with Gasteiger partial charge < -0.3 is 10.1 Å².